The summed E-state index contributed by atoms with van der Waals surface area (Å²) in [5, 5.41) is 0.852. The maximum absolute atomic E-state index is 12.6. The third-order valence-electron chi connectivity index (χ3n) is 5.45. The number of amides is 1. The van der Waals surface area contributed by atoms with E-state index in [9.17, 15) is 4.79 Å². The van der Waals surface area contributed by atoms with Gasteiger partial charge in [0.05, 0.1) is 5.39 Å². The second-order valence-corrected chi connectivity index (χ2v) is 7.63. The Morgan fingerprint density at radius 2 is 2.00 bits per heavy atom. The van der Waals surface area contributed by atoms with Gasteiger partial charge in [-0.15, -0.1) is 0 Å². The predicted molar refractivity (Wildman–Crippen MR) is 128 cm³/mol. The number of nitrogens with two attached hydrogens (primary N) is 1. The van der Waals surface area contributed by atoms with Gasteiger partial charge in [0.15, 0.2) is 0 Å². The molecule has 0 atom stereocenters. The van der Waals surface area contributed by atoms with E-state index in [2.05, 4.69) is 21.9 Å². The topological polar surface area (TPSA) is 80.3 Å². The van der Waals surface area contributed by atoms with Crippen LogP contribution >= 0.6 is 0 Å². The van der Waals surface area contributed by atoms with Crippen molar-refractivity contribution < 1.29 is 4.79 Å². The molecule has 2 N–H and O–H groups in total. The molecule has 3 aromatic rings. The highest BCUT2D eigenvalue weighted by atomic mass is 16.2. The van der Waals surface area contributed by atoms with Gasteiger partial charge in [-0.05, 0) is 50.6 Å². The van der Waals surface area contributed by atoms with Crippen molar-refractivity contribution in [3.63, 3.8) is 0 Å². The first kappa shape index (κ1) is 22.5. The fraction of sp³-hybridized carbons (Fsp3) is 0.375. The highest BCUT2D eigenvalue weighted by Crippen LogP contribution is 2.28. The second-order valence-electron chi connectivity index (χ2n) is 7.63. The summed E-state index contributed by atoms with van der Waals surface area (Å²) >= 11 is 0. The van der Waals surface area contributed by atoms with Crippen molar-refractivity contribution >= 4 is 28.4 Å². The van der Waals surface area contributed by atoms with Gasteiger partial charge in [0.25, 0.3) is 0 Å². The summed E-state index contributed by atoms with van der Waals surface area (Å²) < 4.78 is 1.98. The Morgan fingerprint density at radius 3 is 2.71 bits per heavy atom. The normalized spacial score (nSPS) is 13.5. The van der Waals surface area contributed by atoms with Gasteiger partial charge >= 0.3 is 0 Å². The molecule has 0 saturated heterocycles. The first-order chi connectivity index (χ1) is 15.0. The van der Waals surface area contributed by atoms with Gasteiger partial charge in [0, 0.05) is 43.3 Å². The number of carbonyl (C=O) groups is 1. The zero-order valence-corrected chi connectivity index (χ0v) is 19.0. The van der Waals surface area contributed by atoms with E-state index in [-0.39, 0.29) is 5.91 Å². The lowest BCUT2D eigenvalue weighted by Crippen LogP contribution is -2.25. The van der Waals surface area contributed by atoms with Crippen molar-refractivity contribution in [2.24, 2.45) is 0 Å². The number of anilines is 2. The lowest BCUT2D eigenvalue weighted by atomic mass is 10.2. The van der Waals surface area contributed by atoms with E-state index < -0.39 is 0 Å². The Bertz CT molecular complexity index is 1080. The van der Waals surface area contributed by atoms with Crippen LogP contribution in [0, 0.1) is 6.92 Å². The SMILES string of the molecule is CC.Cc1cn(-c2cccc(N(C)C(=O)/C=C/CN(C)C3CC3)c2)c2ncnc(N)c12. The van der Waals surface area contributed by atoms with Crippen molar-refractivity contribution in [1.29, 1.82) is 0 Å². The molecule has 164 valence electrons. The largest absolute Gasteiger partial charge is 0.383 e. The van der Waals surface area contributed by atoms with Crippen molar-refractivity contribution in [1.82, 2.24) is 19.4 Å². The van der Waals surface area contributed by atoms with Crippen LogP contribution in [0.5, 0.6) is 0 Å². The van der Waals surface area contributed by atoms with Gasteiger partial charge in [0.2, 0.25) is 5.91 Å². The summed E-state index contributed by atoms with van der Waals surface area (Å²) in [6.45, 7) is 6.78. The number of nitrogen functional groups attached to an aromatic ring is 1. The summed E-state index contributed by atoms with van der Waals surface area (Å²) in [5.74, 6) is 0.419. The molecular weight excluding hydrogens is 388 g/mol. The third kappa shape index (κ3) is 4.94. The summed E-state index contributed by atoms with van der Waals surface area (Å²) in [5.41, 5.74) is 9.52. The standard InChI is InChI=1S/C22H26N6O.C2H6/c1-15-13-28(22-20(15)21(23)24-14-25-22)18-7-4-6-17(12-18)27(3)19(29)8-5-11-26(2)16-9-10-16;1-2/h4-8,12-14,16H,9-11H2,1-3H3,(H2,23,24,25);1-2H3/b8-5+;. The van der Waals surface area contributed by atoms with Crippen LogP contribution < -0.4 is 10.6 Å². The predicted octanol–water partition coefficient (Wildman–Crippen LogP) is 3.95. The van der Waals surface area contributed by atoms with Crippen molar-refractivity contribution in [3.8, 4) is 5.69 Å². The quantitative estimate of drug-likeness (QED) is 0.611. The molecule has 7 nitrogen and oxygen atoms in total. The minimum atomic E-state index is -0.0496. The minimum Gasteiger partial charge on any atom is -0.383 e. The number of benzene rings is 1. The van der Waals surface area contributed by atoms with Gasteiger partial charge < -0.3 is 15.2 Å². The number of aromatic nitrogens is 3. The Kier molecular flexibility index (Phi) is 7.07. The van der Waals surface area contributed by atoms with Crippen LogP contribution in [0.1, 0.15) is 32.3 Å². The van der Waals surface area contributed by atoms with Gasteiger partial charge in [-0.3, -0.25) is 9.69 Å². The molecule has 0 bridgehead atoms. The van der Waals surface area contributed by atoms with Crippen LogP contribution in [-0.2, 0) is 4.79 Å². The molecule has 1 saturated carbocycles. The van der Waals surface area contributed by atoms with E-state index in [0.29, 0.717) is 11.9 Å². The summed E-state index contributed by atoms with van der Waals surface area (Å²) in [6, 6.07) is 8.50. The number of carbonyl (C=O) groups excluding carboxylic acids is 1. The molecule has 1 aromatic carbocycles. The maximum atomic E-state index is 12.6. The molecule has 31 heavy (non-hydrogen) atoms. The number of likely N-dealkylation sites (N-methyl/N-ethyl adjacent to an activating group) is 2. The summed E-state index contributed by atoms with van der Waals surface area (Å²) in [6.07, 6.45) is 9.56. The van der Waals surface area contributed by atoms with Crippen LogP contribution in [0.4, 0.5) is 11.5 Å². The van der Waals surface area contributed by atoms with E-state index in [4.69, 9.17) is 5.73 Å². The molecule has 2 aromatic heterocycles. The van der Waals surface area contributed by atoms with Gasteiger partial charge in [-0.1, -0.05) is 26.0 Å². The van der Waals surface area contributed by atoms with E-state index in [1.165, 1.54) is 19.2 Å². The Labute approximate surface area is 184 Å². The zero-order chi connectivity index (χ0) is 22.5. The molecule has 0 spiro atoms. The molecule has 4 rings (SSSR count). The number of aryl methyl sites for hydroxylation is 1. The zero-order valence-electron chi connectivity index (χ0n) is 19.0. The first-order valence-electron chi connectivity index (χ1n) is 10.8. The summed E-state index contributed by atoms with van der Waals surface area (Å²) in [7, 11) is 3.88. The van der Waals surface area contributed by atoms with Gasteiger partial charge in [-0.2, -0.15) is 0 Å². The van der Waals surface area contributed by atoms with Crippen molar-refractivity contribution in [2.45, 2.75) is 39.7 Å². The first-order valence-corrected chi connectivity index (χ1v) is 10.8. The number of rotatable bonds is 6. The molecule has 1 amide bonds. The molecule has 1 aliphatic carbocycles. The van der Waals surface area contributed by atoms with Crippen LogP contribution in [-0.4, -0.2) is 52.0 Å². The number of nitrogens with zero attached hydrogens (tertiary/aromatic N) is 5. The highest BCUT2D eigenvalue weighted by Gasteiger charge is 2.25. The molecule has 0 unspecified atom stereocenters. The Morgan fingerprint density at radius 1 is 1.26 bits per heavy atom. The fourth-order valence-electron chi connectivity index (χ4n) is 3.54. The second kappa shape index (κ2) is 9.75. The average Bonchev–Trinajstić information content (AvgIpc) is 3.58. The third-order valence-corrected chi connectivity index (χ3v) is 5.45. The maximum Gasteiger partial charge on any atom is 0.250 e. The van der Waals surface area contributed by atoms with E-state index in [1.807, 2.05) is 61.9 Å². The summed E-state index contributed by atoms with van der Waals surface area (Å²) in [4.78, 5) is 25.0. The van der Waals surface area contributed by atoms with E-state index >= 15 is 0 Å². The lowest BCUT2D eigenvalue weighted by molar-refractivity contribution is -0.113. The number of hydrogen-bond acceptors (Lipinski definition) is 5. The van der Waals surface area contributed by atoms with E-state index in [1.54, 1.807) is 18.0 Å². The van der Waals surface area contributed by atoms with Crippen LogP contribution in [0.15, 0.2) is 48.9 Å². The fourth-order valence-corrected chi connectivity index (χ4v) is 3.54. The molecular formula is C24H32N6O. The van der Waals surface area contributed by atoms with E-state index in [0.717, 1.165) is 34.5 Å². The Hall–Kier alpha value is -3.19. The smallest absolute Gasteiger partial charge is 0.250 e. The molecule has 7 heteroatoms. The molecule has 2 heterocycles. The monoisotopic (exact) mass is 420 g/mol. The van der Waals surface area contributed by atoms with Crippen LogP contribution in [0.2, 0.25) is 0 Å². The Balaban J connectivity index is 0.00000132. The minimum absolute atomic E-state index is 0.0496. The lowest BCUT2D eigenvalue weighted by Gasteiger charge is -2.17. The van der Waals surface area contributed by atoms with Gasteiger partial charge in [0.1, 0.15) is 17.8 Å². The molecule has 1 fully saturated rings. The molecule has 0 aliphatic heterocycles. The van der Waals surface area contributed by atoms with Crippen LogP contribution in [0.3, 0.4) is 0 Å². The number of hydrogen-bond donors (Lipinski definition) is 1. The number of fused-ring (bicyclic) bond motifs is 1. The molecule has 0 radical (unpaired) electrons. The molecule has 1 aliphatic rings. The highest BCUT2D eigenvalue weighted by molar-refractivity contribution is 6.01. The van der Waals surface area contributed by atoms with Crippen molar-refractivity contribution in [3.05, 3.63) is 54.5 Å². The van der Waals surface area contributed by atoms with Gasteiger partial charge in [-0.25, -0.2) is 9.97 Å². The van der Waals surface area contributed by atoms with Crippen LogP contribution in [0.25, 0.3) is 16.7 Å². The average molecular weight is 421 g/mol. The van der Waals surface area contributed by atoms with Crippen molar-refractivity contribution in [2.75, 3.05) is 31.3 Å².